The van der Waals surface area contributed by atoms with Crippen LogP contribution >= 0.6 is 27.5 Å². The first kappa shape index (κ1) is 31.4. The molecule has 5 atom stereocenters. The van der Waals surface area contributed by atoms with Gasteiger partial charge in [0.15, 0.2) is 17.6 Å². The molecule has 1 saturated heterocycles. The number of hydrogen-bond acceptors (Lipinski definition) is 9. The quantitative estimate of drug-likeness (QED) is 0.296. The molecule has 2 fully saturated rings. The maximum absolute atomic E-state index is 16.6. The highest BCUT2D eigenvalue weighted by molar-refractivity contribution is 9.10. The summed E-state index contributed by atoms with van der Waals surface area (Å²) in [6.07, 6.45) is -6.11. The van der Waals surface area contributed by atoms with Gasteiger partial charge in [0.1, 0.15) is 18.5 Å². The number of ether oxygens (including phenoxy) is 1. The number of piperidine rings is 1. The molecule has 3 aliphatic rings. The summed E-state index contributed by atoms with van der Waals surface area (Å²) in [5, 5.41) is 16.6. The molecule has 1 spiro atoms. The van der Waals surface area contributed by atoms with Crippen LogP contribution in [0.4, 0.5) is 23.2 Å². The monoisotopic (exact) mass is 740 g/mol. The Labute approximate surface area is 274 Å². The number of aryl methyl sites for hydroxylation is 1. The van der Waals surface area contributed by atoms with Crippen LogP contribution in [-0.2, 0) is 27.9 Å². The summed E-state index contributed by atoms with van der Waals surface area (Å²) in [6.45, 7) is 2.06. The normalized spacial score (nSPS) is 24.8. The number of alkyl halides is 4. The number of hydrogen-bond donors (Lipinski definition) is 2. The zero-order chi connectivity index (χ0) is 33.7. The SMILES string of the molecule is Cc1ncnc(C(=O)N2C[C@H](F)[C@@]3(O[C@H](C)c4c3c(=O)n3nc(Br)nc3n4CC(=O)Nc3ccc(C(F)(F)F)cc3Cl)[C@@H]3C[C@@H]32)c1O. The Morgan fingerprint density at radius 2 is 2.02 bits per heavy atom. The van der Waals surface area contributed by atoms with Gasteiger partial charge in [-0.1, -0.05) is 11.6 Å². The molecule has 2 amide bonds. The van der Waals surface area contributed by atoms with E-state index in [4.69, 9.17) is 16.3 Å². The van der Waals surface area contributed by atoms with Gasteiger partial charge in [-0.3, -0.25) is 14.4 Å². The van der Waals surface area contributed by atoms with Crippen LogP contribution in [0.1, 0.15) is 52.5 Å². The molecule has 3 aromatic heterocycles. The Balaban J connectivity index is 1.26. The lowest BCUT2D eigenvalue weighted by Crippen LogP contribution is -2.56. The molecule has 0 unspecified atom stereocenters. The van der Waals surface area contributed by atoms with Crippen molar-refractivity contribution in [3.63, 3.8) is 0 Å². The first-order valence-corrected chi connectivity index (χ1v) is 15.3. The Morgan fingerprint density at radius 3 is 2.72 bits per heavy atom. The third-order valence-electron chi connectivity index (χ3n) is 8.78. The molecule has 13 nitrogen and oxygen atoms in total. The van der Waals surface area contributed by atoms with E-state index in [9.17, 15) is 32.7 Å². The van der Waals surface area contributed by atoms with Crippen molar-refractivity contribution in [2.75, 3.05) is 11.9 Å². The molecule has 7 rings (SSSR count). The molecular weight excluding hydrogens is 720 g/mol. The Hall–Kier alpha value is -4.16. The van der Waals surface area contributed by atoms with E-state index in [2.05, 4.69) is 41.3 Å². The Bertz CT molecular complexity index is 2070. The van der Waals surface area contributed by atoms with E-state index in [0.29, 0.717) is 6.07 Å². The number of nitrogens with one attached hydrogen (secondary N) is 1. The van der Waals surface area contributed by atoms with Crippen molar-refractivity contribution in [1.82, 2.24) is 34.0 Å². The van der Waals surface area contributed by atoms with Gasteiger partial charge < -0.3 is 24.6 Å². The van der Waals surface area contributed by atoms with Gasteiger partial charge in [-0.25, -0.2) is 14.4 Å². The van der Waals surface area contributed by atoms with Crippen molar-refractivity contribution >= 4 is 50.8 Å². The molecule has 2 N–H and O–H groups in total. The second kappa shape index (κ2) is 10.7. The number of aromatic nitrogens is 6. The number of carbonyl (C=O) groups is 2. The summed E-state index contributed by atoms with van der Waals surface area (Å²) >= 11 is 9.18. The lowest BCUT2D eigenvalue weighted by molar-refractivity contribution is -0.152. The van der Waals surface area contributed by atoms with Crippen molar-refractivity contribution in [3.05, 3.63) is 72.8 Å². The molecule has 19 heteroatoms. The summed E-state index contributed by atoms with van der Waals surface area (Å²) in [6, 6.07) is 1.91. The van der Waals surface area contributed by atoms with Crippen LogP contribution in [0.15, 0.2) is 34.1 Å². The summed E-state index contributed by atoms with van der Waals surface area (Å²) in [5.74, 6) is -2.61. The minimum atomic E-state index is -4.64. The highest BCUT2D eigenvalue weighted by Gasteiger charge is 2.70. The van der Waals surface area contributed by atoms with Gasteiger partial charge in [-0.15, -0.1) is 5.10 Å². The maximum Gasteiger partial charge on any atom is 0.416 e. The summed E-state index contributed by atoms with van der Waals surface area (Å²) in [5.41, 5.74) is -3.64. The van der Waals surface area contributed by atoms with Gasteiger partial charge in [0.2, 0.25) is 16.4 Å². The average molecular weight is 742 g/mol. The van der Waals surface area contributed by atoms with E-state index in [1.165, 1.54) is 16.4 Å². The van der Waals surface area contributed by atoms with Gasteiger partial charge in [-0.05, 0) is 54.4 Å². The van der Waals surface area contributed by atoms with E-state index in [-0.39, 0.29) is 50.3 Å². The topological polar surface area (TPSA) is 157 Å². The highest BCUT2D eigenvalue weighted by atomic mass is 79.9. The standard InChI is InChI=1S/C28H22BrClF4N8O5/c1-10-22(44)20(36-9-35-10)24(46)40-7-17(31)27(13-6-16(13)40)19-21(11(2)47-27)41(26-38-25(29)39-42(26)23(19)45)8-18(43)37-15-4-3-12(5-14(15)30)28(32,33)34/h3-5,9,11,13,16-17,44H,6-8H2,1-2H3,(H,37,43)/t11-,13-,16+,17+,27+/m1/s1. The first-order chi connectivity index (χ1) is 22.1. The highest BCUT2D eigenvalue weighted by Crippen LogP contribution is 2.61. The van der Waals surface area contributed by atoms with Crippen molar-refractivity contribution in [1.29, 1.82) is 0 Å². The molecule has 2 aliphatic heterocycles. The minimum absolute atomic E-state index is 0.00213. The number of halogens is 6. The number of anilines is 1. The zero-order valence-electron chi connectivity index (χ0n) is 24.2. The van der Waals surface area contributed by atoms with Crippen molar-refractivity contribution in [2.24, 2.45) is 5.92 Å². The third kappa shape index (κ3) is 4.78. The van der Waals surface area contributed by atoms with E-state index < -0.39 is 77.8 Å². The third-order valence-corrected chi connectivity index (χ3v) is 9.43. The van der Waals surface area contributed by atoms with Crippen LogP contribution in [-0.4, -0.2) is 69.7 Å². The summed E-state index contributed by atoms with van der Waals surface area (Å²) in [4.78, 5) is 54.0. The van der Waals surface area contributed by atoms with Crippen LogP contribution in [0, 0.1) is 12.8 Å². The second-order valence-electron chi connectivity index (χ2n) is 11.5. The number of fused-ring (bicyclic) bond motifs is 5. The van der Waals surface area contributed by atoms with Gasteiger partial charge in [-0.2, -0.15) is 22.7 Å². The number of benzene rings is 1. The lowest BCUT2D eigenvalue weighted by atomic mass is 9.82. The number of likely N-dealkylation sites (tertiary alicyclic amines) is 1. The molecule has 1 aromatic carbocycles. The fourth-order valence-corrected chi connectivity index (χ4v) is 7.23. The van der Waals surface area contributed by atoms with Gasteiger partial charge in [0.25, 0.3) is 11.5 Å². The van der Waals surface area contributed by atoms with Gasteiger partial charge in [0, 0.05) is 12.0 Å². The molecule has 0 radical (unpaired) electrons. The van der Waals surface area contributed by atoms with Gasteiger partial charge >= 0.3 is 6.18 Å². The van der Waals surface area contributed by atoms with E-state index in [0.717, 1.165) is 23.0 Å². The van der Waals surface area contributed by atoms with Crippen molar-refractivity contribution in [2.45, 2.75) is 56.9 Å². The molecular formula is C28H22BrClF4N8O5. The summed E-state index contributed by atoms with van der Waals surface area (Å²) < 4.78 is 64.5. The van der Waals surface area contributed by atoms with E-state index in [1.54, 1.807) is 6.92 Å². The first-order valence-electron chi connectivity index (χ1n) is 14.1. The van der Waals surface area contributed by atoms with Crippen LogP contribution in [0.25, 0.3) is 5.78 Å². The second-order valence-corrected chi connectivity index (χ2v) is 12.6. The van der Waals surface area contributed by atoms with Crippen molar-refractivity contribution in [3.8, 4) is 5.75 Å². The number of rotatable bonds is 4. The smallest absolute Gasteiger partial charge is 0.416 e. The molecule has 1 aliphatic carbocycles. The number of aromatic hydroxyl groups is 1. The Morgan fingerprint density at radius 1 is 1.28 bits per heavy atom. The number of nitrogens with zero attached hydrogens (tertiary/aromatic N) is 7. The predicted octanol–water partition coefficient (Wildman–Crippen LogP) is 3.94. The number of carbonyl (C=O) groups excluding carboxylic acids is 2. The fourth-order valence-electron chi connectivity index (χ4n) is 6.69. The molecule has 47 heavy (non-hydrogen) atoms. The van der Waals surface area contributed by atoms with Crippen LogP contribution in [0.3, 0.4) is 0 Å². The van der Waals surface area contributed by atoms with E-state index >= 15 is 4.39 Å². The van der Waals surface area contributed by atoms with Crippen LogP contribution in [0.2, 0.25) is 5.02 Å². The number of amides is 2. The molecule has 0 bridgehead atoms. The molecule has 1 saturated carbocycles. The maximum atomic E-state index is 16.6. The largest absolute Gasteiger partial charge is 0.504 e. The lowest BCUT2D eigenvalue weighted by Gasteiger charge is -2.41. The molecule has 246 valence electrons. The Kier molecular flexibility index (Phi) is 7.14. The van der Waals surface area contributed by atoms with Crippen LogP contribution in [0.5, 0.6) is 5.75 Å². The zero-order valence-corrected chi connectivity index (χ0v) is 26.6. The van der Waals surface area contributed by atoms with Crippen molar-refractivity contribution < 1.29 is 37.0 Å². The minimum Gasteiger partial charge on any atom is -0.504 e. The average Bonchev–Trinajstić information content (AvgIpc) is 3.61. The predicted molar refractivity (Wildman–Crippen MR) is 157 cm³/mol. The molecule has 4 aromatic rings. The molecule has 5 heterocycles. The van der Waals surface area contributed by atoms with Crippen LogP contribution < -0.4 is 10.9 Å². The summed E-state index contributed by atoms with van der Waals surface area (Å²) in [7, 11) is 0. The fraction of sp³-hybridized carbons (Fsp3) is 0.393. The van der Waals surface area contributed by atoms with Gasteiger partial charge in [0.05, 0.1) is 45.9 Å². The van der Waals surface area contributed by atoms with E-state index in [1.807, 2.05) is 0 Å².